The molecule has 0 saturated heterocycles. The lowest BCUT2D eigenvalue weighted by atomic mass is 10.2. The van der Waals surface area contributed by atoms with Crippen LogP contribution < -0.4 is 10.1 Å². The number of benzene rings is 2. The lowest BCUT2D eigenvalue weighted by molar-refractivity contribution is -0.118. The molecule has 1 amide bonds. The SMILES string of the molecule is CCOC(=O)c1ccc(OCC(=O)Nc2cccc(Cl)c2)cc1. The van der Waals surface area contributed by atoms with Crippen LogP contribution in [-0.2, 0) is 9.53 Å². The van der Waals surface area contributed by atoms with E-state index in [1.807, 2.05) is 0 Å². The maximum absolute atomic E-state index is 11.8. The maximum Gasteiger partial charge on any atom is 0.338 e. The second-order valence-corrected chi connectivity index (χ2v) is 5.03. The monoisotopic (exact) mass is 333 g/mol. The smallest absolute Gasteiger partial charge is 0.338 e. The van der Waals surface area contributed by atoms with Crippen molar-refractivity contribution in [1.29, 1.82) is 0 Å². The maximum atomic E-state index is 11.8. The predicted molar refractivity (Wildman–Crippen MR) is 88.0 cm³/mol. The summed E-state index contributed by atoms with van der Waals surface area (Å²) in [6.45, 7) is 1.92. The van der Waals surface area contributed by atoms with E-state index in [0.29, 0.717) is 28.6 Å². The highest BCUT2D eigenvalue weighted by Crippen LogP contribution is 2.16. The zero-order valence-electron chi connectivity index (χ0n) is 12.5. The van der Waals surface area contributed by atoms with Crippen molar-refractivity contribution in [2.45, 2.75) is 6.92 Å². The van der Waals surface area contributed by atoms with Crippen molar-refractivity contribution >= 4 is 29.2 Å². The fourth-order valence-corrected chi connectivity index (χ4v) is 2.00. The number of hydrogen-bond acceptors (Lipinski definition) is 4. The number of anilines is 1. The Labute approximate surface area is 139 Å². The molecular formula is C17H16ClNO4. The zero-order valence-corrected chi connectivity index (χ0v) is 13.3. The number of carbonyl (C=O) groups is 2. The molecule has 0 unspecified atom stereocenters. The van der Waals surface area contributed by atoms with Gasteiger partial charge in [-0.1, -0.05) is 17.7 Å². The van der Waals surface area contributed by atoms with Crippen LogP contribution in [0, 0.1) is 0 Å². The number of halogens is 1. The molecule has 0 aromatic heterocycles. The molecule has 0 aliphatic heterocycles. The van der Waals surface area contributed by atoms with Gasteiger partial charge >= 0.3 is 5.97 Å². The van der Waals surface area contributed by atoms with E-state index < -0.39 is 5.97 Å². The van der Waals surface area contributed by atoms with Gasteiger partial charge < -0.3 is 14.8 Å². The first-order chi connectivity index (χ1) is 11.1. The van der Waals surface area contributed by atoms with Gasteiger partial charge in [0.2, 0.25) is 0 Å². The van der Waals surface area contributed by atoms with E-state index in [9.17, 15) is 9.59 Å². The van der Waals surface area contributed by atoms with Crippen molar-refractivity contribution in [2.24, 2.45) is 0 Å². The standard InChI is InChI=1S/C17H16ClNO4/c1-2-22-17(21)12-6-8-15(9-7-12)23-11-16(20)19-14-5-3-4-13(18)10-14/h3-10H,2,11H2,1H3,(H,19,20). The van der Waals surface area contributed by atoms with Crippen molar-refractivity contribution in [3.8, 4) is 5.75 Å². The van der Waals surface area contributed by atoms with Crippen LogP contribution in [-0.4, -0.2) is 25.1 Å². The minimum absolute atomic E-state index is 0.148. The summed E-state index contributed by atoms with van der Waals surface area (Å²) in [5, 5.41) is 3.22. The Kier molecular flexibility index (Phi) is 6.00. The average Bonchev–Trinajstić information content (AvgIpc) is 2.54. The summed E-state index contributed by atoms with van der Waals surface area (Å²) in [6.07, 6.45) is 0. The normalized spacial score (nSPS) is 10.0. The number of rotatable bonds is 6. The predicted octanol–water partition coefficient (Wildman–Crippen LogP) is 3.53. The molecule has 0 radical (unpaired) electrons. The summed E-state index contributed by atoms with van der Waals surface area (Å²) in [5.74, 6) is -0.209. The van der Waals surface area contributed by atoms with Crippen molar-refractivity contribution in [3.63, 3.8) is 0 Å². The number of amides is 1. The molecular weight excluding hydrogens is 318 g/mol. The van der Waals surface area contributed by atoms with E-state index in [2.05, 4.69) is 5.32 Å². The van der Waals surface area contributed by atoms with Crippen LogP contribution in [0.25, 0.3) is 0 Å². The van der Waals surface area contributed by atoms with Gasteiger partial charge in [0.1, 0.15) is 5.75 Å². The minimum atomic E-state index is -0.391. The van der Waals surface area contributed by atoms with Gasteiger partial charge in [0.05, 0.1) is 12.2 Å². The third-order valence-electron chi connectivity index (χ3n) is 2.84. The largest absolute Gasteiger partial charge is 0.484 e. The molecule has 0 aliphatic rings. The Morgan fingerprint density at radius 3 is 2.52 bits per heavy atom. The van der Waals surface area contributed by atoms with Crippen LogP contribution >= 0.6 is 11.6 Å². The molecule has 1 N–H and O–H groups in total. The lowest BCUT2D eigenvalue weighted by Crippen LogP contribution is -2.20. The molecule has 5 nitrogen and oxygen atoms in total. The molecule has 0 aliphatic carbocycles. The molecule has 2 rings (SSSR count). The first kappa shape index (κ1) is 16.8. The molecule has 0 atom stereocenters. The van der Waals surface area contributed by atoms with Crippen LogP contribution in [0.5, 0.6) is 5.75 Å². The lowest BCUT2D eigenvalue weighted by Gasteiger charge is -2.08. The van der Waals surface area contributed by atoms with E-state index in [1.54, 1.807) is 55.5 Å². The Morgan fingerprint density at radius 2 is 1.87 bits per heavy atom. The quantitative estimate of drug-likeness (QED) is 0.821. The molecule has 0 fully saturated rings. The van der Waals surface area contributed by atoms with Gasteiger partial charge in [-0.3, -0.25) is 4.79 Å². The summed E-state index contributed by atoms with van der Waals surface area (Å²) in [5.41, 5.74) is 1.03. The van der Waals surface area contributed by atoms with Crippen LogP contribution in [0.3, 0.4) is 0 Å². The highest BCUT2D eigenvalue weighted by atomic mass is 35.5. The highest BCUT2D eigenvalue weighted by molar-refractivity contribution is 6.30. The number of carbonyl (C=O) groups excluding carboxylic acids is 2. The Bertz CT molecular complexity index is 685. The van der Waals surface area contributed by atoms with Crippen molar-refractivity contribution in [1.82, 2.24) is 0 Å². The molecule has 120 valence electrons. The summed E-state index contributed by atoms with van der Waals surface area (Å²) < 4.78 is 10.3. The van der Waals surface area contributed by atoms with Crippen molar-refractivity contribution in [2.75, 3.05) is 18.5 Å². The first-order valence-electron chi connectivity index (χ1n) is 7.04. The number of nitrogens with one attached hydrogen (secondary N) is 1. The number of ether oxygens (including phenoxy) is 2. The zero-order chi connectivity index (χ0) is 16.7. The Balaban J connectivity index is 1.85. The van der Waals surface area contributed by atoms with Crippen LogP contribution in [0.1, 0.15) is 17.3 Å². The van der Waals surface area contributed by atoms with E-state index in [0.717, 1.165) is 0 Å². The van der Waals surface area contributed by atoms with E-state index in [4.69, 9.17) is 21.1 Å². The van der Waals surface area contributed by atoms with Crippen molar-refractivity contribution in [3.05, 3.63) is 59.1 Å². The fourth-order valence-electron chi connectivity index (χ4n) is 1.81. The third-order valence-corrected chi connectivity index (χ3v) is 3.08. The first-order valence-corrected chi connectivity index (χ1v) is 7.41. The third kappa shape index (κ3) is 5.30. The fraction of sp³-hybridized carbons (Fsp3) is 0.176. The summed E-state index contributed by atoms with van der Waals surface area (Å²) >= 11 is 5.84. The second-order valence-electron chi connectivity index (χ2n) is 4.59. The molecule has 0 heterocycles. The molecule has 0 bridgehead atoms. The Morgan fingerprint density at radius 1 is 1.13 bits per heavy atom. The molecule has 6 heteroatoms. The van der Waals surface area contributed by atoms with Gasteiger partial charge in [-0.15, -0.1) is 0 Å². The Hall–Kier alpha value is -2.53. The molecule has 0 spiro atoms. The van der Waals surface area contributed by atoms with Crippen LogP contribution in [0.4, 0.5) is 5.69 Å². The molecule has 23 heavy (non-hydrogen) atoms. The van der Waals surface area contributed by atoms with Crippen LogP contribution in [0.15, 0.2) is 48.5 Å². The van der Waals surface area contributed by atoms with Crippen LogP contribution in [0.2, 0.25) is 5.02 Å². The van der Waals surface area contributed by atoms with Gasteiger partial charge in [0.15, 0.2) is 6.61 Å². The van der Waals surface area contributed by atoms with E-state index >= 15 is 0 Å². The van der Waals surface area contributed by atoms with Crippen molar-refractivity contribution < 1.29 is 19.1 Å². The van der Waals surface area contributed by atoms with Gasteiger partial charge in [-0.25, -0.2) is 4.79 Å². The van der Waals surface area contributed by atoms with E-state index in [-0.39, 0.29) is 12.5 Å². The summed E-state index contributed by atoms with van der Waals surface area (Å²) in [6, 6.07) is 13.2. The van der Waals surface area contributed by atoms with Gasteiger partial charge in [0.25, 0.3) is 5.91 Å². The van der Waals surface area contributed by atoms with Gasteiger partial charge in [-0.05, 0) is 49.4 Å². The minimum Gasteiger partial charge on any atom is -0.484 e. The highest BCUT2D eigenvalue weighted by Gasteiger charge is 2.07. The van der Waals surface area contributed by atoms with E-state index in [1.165, 1.54) is 0 Å². The van der Waals surface area contributed by atoms with Gasteiger partial charge in [-0.2, -0.15) is 0 Å². The van der Waals surface area contributed by atoms with Gasteiger partial charge in [0, 0.05) is 10.7 Å². The number of hydrogen-bond donors (Lipinski definition) is 1. The number of esters is 1. The molecule has 0 saturated carbocycles. The summed E-state index contributed by atoms with van der Waals surface area (Å²) in [4.78, 5) is 23.3. The average molecular weight is 334 g/mol. The molecule has 2 aromatic carbocycles. The second kappa shape index (κ2) is 8.19. The topological polar surface area (TPSA) is 64.6 Å². The summed E-state index contributed by atoms with van der Waals surface area (Å²) in [7, 11) is 0. The molecule has 2 aromatic rings.